The van der Waals surface area contributed by atoms with E-state index in [0.717, 1.165) is 38.8 Å². The van der Waals surface area contributed by atoms with Gasteiger partial charge in [-0.2, -0.15) is 0 Å². The first kappa shape index (κ1) is 13.3. The van der Waals surface area contributed by atoms with Crippen LogP contribution in [0.15, 0.2) is 0 Å². The number of rotatable bonds is 3. The molecule has 0 aliphatic carbocycles. The summed E-state index contributed by atoms with van der Waals surface area (Å²) in [5.74, 6) is 0.171. The Labute approximate surface area is 108 Å². The Hall–Kier alpha value is -1.10. The third-order valence-corrected chi connectivity index (χ3v) is 3.97. The summed E-state index contributed by atoms with van der Waals surface area (Å²) in [5.41, 5.74) is 5.96. The third-order valence-electron chi connectivity index (χ3n) is 3.97. The van der Waals surface area contributed by atoms with Gasteiger partial charge in [0.05, 0.1) is 6.54 Å². The van der Waals surface area contributed by atoms with Crippen LogP contribution in [0.2, 0.25) is 0 Å². The Bertz CT molecular complexity index is 330. The molecule has 2 atom stereocenters. The van der Waals surface area contributed by atoms with E-state index in [4.69, 9.17) is 5.73 Å². The zero-order valence-electron chi connectivity index (χ0n) is 11.1. The van der Waals surface area contributed by atoms with Crippen LogP contribution in [0.25, 0.3) is 0 Å². The number of amides is 2. The van der Waals surface area contributed by atoms with E-state index in [2.05, 4.69) is 0 Å². The number of carbonyl (C=O) groups excluding carboxylic acids is 2. The van der Waals surface area contributed by atoms with E-state index in [1.807, 2.05) is 11.8 Å². The summed E-state index contributed by atoms with van der Waals surface area (Å²) < 4.78 is 0. The van der Waals surface area contributed by atoms with Crippen LogP contribution in [0, 0.1) is 0 Å². The summed E-state index contributed by atoms with van der Waals surface area (Å²) in [7, 11) is 0. The molecule has 2 aliphatic rings. The molecule has 2 heterocycles. The fraction of sp³-hybridized carbons (Fsp3) is 0.846. The van der Waals surface area contributed by atoms with E-state index in [-0.39, 0.29) is 30.4 Å². The van der Waals surface area contributed by atoms with Gasteiger partial charge in [-0.1, -0.05) is 0 Å². The second-order valence-electron chi connectivity index (χ2n) is 5.43. The van der Waals surface area contributed by atoms with E-state index in [1.165, 1.54) is 0 Å². The molecule has 2 amide bonds. The molecule has 2 rings (SSSR count). The lowest BCUT2D eigenvalue weighted by molar-refractivity contribution is -0.141. The quantitative estimate of drug-likeness (QED) is 0.788. The molecule has 2 fully saturated rings. The average molecular weight is 253 g/mol. The number of carbonyl (C=O) groups is 2. The maximum absolute atomic E-state index is 12.3. The number of nitrogens with two attached hydrogens (primary N) is 1. The second-order valence-corrected chi connectivity index (χ2v) is 5.43. The minimum absolute atomic E-state index is 0.00327. The van der Waals surface area contributed by atoms with Crippen LogP contribution >= 0.6 is 0 Å². The number of hydrogen-bond acceptors (Lipinski definition) is 3. The third kappa shape index (κ3) is 2.83. The van der Waals surface area contributed by atoms with Crippen LogP contribution in [0.3, 0.4) is 0 Å². The predicted molar refractivity (Wildman–Crippen MR) is 68.8 cm³/mol. The Morgan fingerprint density at radius 2 is 2.17 bits per heavy atom. The molecule has 0 spiro atoms. The first-order valence-electron chi connectivity index (χ1n) is 6.92. The molecule has 0 unspecified atom stereocenters. The van der Waals surface area contributed by atoms with Gasteiger partial charge < -0.3 is 15.5 Å². The highest BCUT2D eigenvalue weighted by Gasteiger charge is 2.31. The molecule has 5 heteroatoms. The molecule has 2 aliphatic heterocycles. The van der Waals surface area contributed by atoms with Gasteiger partial charge in [0.2, 0.25) is 11.8 Å². The number of hydrogen-bond donors (Lipinski definition) is 1. The van der Waals surface area contributed by atoms with Crippen molar-refractivity contribution in [3.8, 4) is 0 Å². The van der Waals surface area contributed by atoms with Crippen molar-refractivity contribution in [2.75, 3.05) is 19.6 Å². The molecule has 2 N–H and O–H groups in total. The van der Waals surface area contributed by atoms with E-state index < -0.39 is 0 Å². The molecular weight excluding hydrogens is 230 g/mol. The highest BCUT2D eigenvalue weighted by Crippen LogP contribution is 2.20. The Morgan fingerprint density at radius 3 is 2.78 bits per heavy atom. The number of piperidine rings is 1. The molecule has 0 aromatic heterocycles. The maximum atomic E-state index is 12.3. The Kier molecular flexibility index (Phi) is 4.22. The molecule has 102 valence electrons. The summed E-state index contributed by atoms with van der Waals surface area (Å²) >= 11 is 0. The maximum Gasteiger partial charge on any atom is 0.242 e. The van der Waals surface area contributed by atoms with E-state index in [1.54, 1.807) is 4.90 Å². The Balaban J connectivity index is 1.95. The average Bonchev–Trinajstić information content (AvgIpc) is 2.75. The summed E-state index contributed by atoms with van der Waals surface area (Å²) in [4.78, 5) is 27.4. The van der Waals surface area contributed by atoms with Gasteiger partial charge in [-0.25, -0.2) is 0 Å². The molecular formula is C13H23N3O2. The molecule has 0 aromatic carbocycles. The molecule has 0 bridgehead atoms. The summed E-state index contributed by atoms with van der Waals surface area (Å²) in [6.07, 6.45) is 4.63. The molecule has 2 saturated heterocycles. The second kappa shape index (κ2) is 5.69. The van der Waals surface area contributed by atoms with Crippen molar-refractivity contribution in [3.05, 3.63) is 0 Å². The van der Waals surface area contributed by atoms with Crippen LogP contribution in [0.5, 0.6) is 0 Å². The van der Waals surface area contributed by atoms with Crippen molar-refractivity contribution in [2.24, 2.45) is 5.73 Å². The molecule has 5 nitrogen and oxygen atoms in total. The first-order chi connectivity index (χ1) is 8.59. The van der Waals surface area contributed by atoms with Crippen molar-refractivity contribution in [1.82, 2.24) is 9.80 Å². The highest BCUT2D eigenvalue weighted by atomic mass is 16.2. The number of nitrogens with zero attached hydrogens (tertiary/aromatic N) is 2. The van der Waals surface area contributed by atoms with Crippen molar-refractivity contribution < 1.29 is 9.59 Å². The van der Waals surface area contributed by atoms with Crippen LogP contribution < -0.4 is 5.73 Å². The van der Waals surface area contributed by atoms with Crippen molar-refractivity contribution in [1.29, 1.82) is 0 Å². The van der Waals surface area contributed by atoms with Crippen molar-refractivity contribution >= 4 is 11.8 Å². The van der Waals surface area contributed by atoms with E-state index in [9.17, 15) is 9.59 Å². The fourth-order valence-corrected chi connectivity index (χ4v) is 2.94. The summed E-state index contributed by atoms with van der Waals surface area (Å²) in [6.45, 7) is 3.70. The number of likely N-dealkylation sites (tertiary alicyclic amines) is 2. The minimum atomic E-state index is 0.00327. The lowest BCUT2D eigenvalue weighted by Gasteiger charge is -2.38. The minimum Gasteiger partial charge on any atom is -0.337 e. The van der Waals surface area contributed by atoms with E-state index >= 15 is 0 Å². The van der Waals surface area contributed by atoms with Gasteiger partial charge in [-0.3, -0.25) is 9.59 Å². The highest BCUT2D eigenvalue weighted by molar-refractivity contribution is 5.86. The Morgan fingerprint density at radius 1 is 1.39 bits per heavy atom. The van der Waals surface area contributed by atoms with Crippen molar-refractivity contribution in [3.63, 3.8) is 0 Å². The molecule has 0 radical (unpaired) electrons. The monoisotopic (exact) mass is 253 g/mol. The predicted octanol–water partition coefficient (Wildman–Crippen LogP) is 0.337. The van der Waals surface area contributed by atoms with Gasteiger partial charge >= 0.3 is 0 Å². The van der Waals surface area contributed by atoms with Gasteiger partial charge in [0.1, 0.15) is 0 Å². The van der Waals surface area contributed by atoms with Crippen LogP contribution in [-0.2, 0) is 9.59 Å². The topological polar surface area (TPSA) is 66.6 Å². The normalized spacial score (nSPS) is 26.6. The van der Waals surface area contributed by atoms with Crippen LogP contribution in [0.1, 0.15) is 39.0 Å². The van der Waals surface area contributed by atoms with Crippen LogP contribution in [0.4, 0.5) is 0 Å². The largest absolute Gasteiger partial charge is 0.337 e. The lowest BCUT2D eigenvalue weighted by Crippen LogP contribution is -2.54. The van der Waals surface area contributed by atoms with Gasteiger partial charge in [0.25, 0.3) is 0 Å². The van der Waals surface area contributed by atoms with Gasteiger partial charge in [0, 0.05) is 31.6 Å². The van der Waals surface area contributed by atoms with Gasteiger partial charge in [-0.05, 0) is 32.6 Å². The summed E-state index contributed by atoms with van der Waals surface area (Å²) in [5, 5.41) is 0. The summed E-state index contributed by atoms with van der Waals surface area (Å²) in [6, 6.07) is 0.146. The SMILES string of the molecule is C[C@@H](N)[C@@H]1CCCCN1C(=O)CN1CCCC1=O. The molecule has 18 heavy (non-hydrogen) atoms. The zero-order valence-corrected chi connectivity index (χ0v) is 11.1. The van der Waals surface area contributed by atoms with Gasteiger partial charge in [-0.15, -0.1) is 0 Å². The first-order valence-corrected chi connectivity index (χ1v) is 6.92. The smallest absolute Gasteiger partial charge is 0.242 e. The van der Waals surface area contributed by atoms with Crippen LogP contribution in [-0.4, -0.2) is 53.3 Å². The zero-order chi connectivity index (χ0) is 13.1. The lowest BCUT2D eigenvalue weighted by atomic mass is 9.97. The van der Waals surface area contributed by atoms with Crippen molar-refractivity contribution in [2.45, 2.75) is 51.1 Å². The van der Waals surface area contributed by atoms with E-state index in [0.29, 0.717) is 6.42 Å². The molecule has 0 aromatic rings. The molecule has 0 saturated carbocycles. The standard InChI is InChI=1S/C13H23N3O2/c1-10(14)11-5-2-3-8-16(11)13(18)9-15-7-4-6-12(15)17/h10-11H,2-9,14H2,1H3/t10-,11+/m1/s1. The fourth-order valence-electron chi connectivity index (χ4n) is 2.94. The van der Waals surface area contributed by atoms with Gasteiger partial charge in [0.15, 0.2) is 0 Å².